The van der Waals surface area contributed by atoms with Crippen LogP contribution in [0.5, 0.6) is 0 Å². The van der Waals surface area contributed by atoms with Crippen molar-refractivity contribution in [3.8, 4) is 0 Å². The number of hydrogen-bond donors (Lipinski definition) is 1. The lowest BCUT2D eigenvalue weighted by Crippen LogP contribution is -2.34. The average molecular weight is 295 g/mol. The largest absolute Gasteiger partial charge is 0.444 e. The molecule has 5 heteroatoms. The van der Waals surface area contributed by atoms with Crippen LogP contribution in [-0.4, -0.2) is 24.8 Å². The van der Waals surface area contributed by atoms with E-state index in [1.54, 1.807) is 6.07 Å². The summed E-state index contributed by atoms with van der Waals surface area (Å²) < 4.78 is 24.5. The van der Waals surface area contributed by atoms with Crippen molar-refractivity contribution >= 4 is 6.09 Å². The van der Waals surface area contributed by atoms with Gasteiger partial charge in [0.2, 0.25) is 0 Å². The van der Waals surface area contributed by atoms with E-state index in [0.717, 1.165) is 5.56 Å². The van der Waals surface area contributed by atoms with E-state index in [1.165, 1.54) is 0 Å². The second-order valence-electron chi connectivity index (χ2n) is 6.14. The van der Waals surface area contributed by atoms with Crippen molar-refractivity contribution in [3.63, 3.8) is 0 Å². The molecule has 0 saturated carbocycles. The predicted octanol–water partition coefficient (Wildman–Crippen LogP) is 3.68. The monoisotopic (exact) mass is 295 g/mol. The lowest BCUT2D eigenvalue weighted by atomic mass is 9.95. The Balaban J connectivity index is 1.87. The Morgan fingerprint density at radius 2 is 2.05 bits per heavy atom. The zero-order valence-electron chi connectivity index (χ0n) is 12.7. The highest BCUT2D eigenvalue weighted by atomic mass is 19.1. The Morgan fingerprint density at radius 3 is 2.71 bits per heavy atom. The van der Waals surface area contributed by atoms with Crippen molar-refractivity contribution in [2.45, 2.75) is 45.1 Å². The van der Waals surface area contributed by atoms with E-state index in [0.29, 0.717) is 18.5 Å². The van der Waals surface area contributed by atoms with Crippen LogP contribution in [-0.2, 0) is 9.47 Å². The van der Waals surface area contributed by atoms with E-state index < -0.39 is 17.9 Å². The molecule has 4 nitrogen and oxygen atoms in total. The number of ether oxygens (including phenoxy) is 2. The maximum Gasteiger partial charge on any atom is 0.407 e. The van der Waals surface area contributed by atoms with Crippen LogP contribution in [0.2, 0.25) is 0 Å². The summed E-state index contributed by atoms with van der Waals surface area (Å²) in [6, 6.07) is 7.36. The van der Waals surface area contributed by atoms with E-state index in [2.05, 4.69) is 5.32 Å². The average Bonchev–Trinajstić information content (AvgIpc) is 2.40. The minimum Gasteiger partial charge on any atom is -0.444 e. The summed E-state index contributed by atoms with van der Waals surface area (Å²) in [5.41, 5.74) is 1.03. The summed E-state index contributed by atoms with van der Waals surface area (Å²) in [6.07, 6.45) is -1.13. The summed E-state index contributed by atoms with van der Waals surface area (Å²) in [5.74, 6) is 0. The molecule has 1 aromatic carbocycles. The third kappa shape index (κ3) is 4.43. The van der Waals surface area contributed by atoms with Gasteiger partial charge in [0.1, 0.15) is 11.8 Å². The fraction of sp³-hybridized carbons (Fsp3) is 0.562. The molecule has 1 aliphatic rings. The molecule has 1 N–H and O–H groups in total. The van der Waals surface area contributed by atoms with Gasteiger partial charge in [-0.3, -0.25) is 0 Å². The van der Waals surface area contributed by atoms with E-state index in [-0.39, 0.29) is 12.7 Å². The van der Waals surface area contributed by atoms with Crippen LogP contribution in [0.25, 0.3) is 0 Å². The highest BCUT2D eigenvalue weighted by Crippen LogP contribution is 2.35. The van der Waals surface area contributed by atoms with Crippen molar-refractivity contribution in [1.82, 2.24) is 5.32 Å². The van der Waals surface area contributed by atoms with Crippen molar-refractivity contribution < 1.29 is 18.7 Å². The molecule has 0 aromatic heterocycles. The molecule has 0 saturated heterocycles. The molecule has 0 spiro atoms. The molecule has 2 atom stereocenters. The second kappa shape index (κ2) is 6.43. The number of amides is 1. The van der Waals surface area contributed by atoms with Gasteiger partial charge in [0.05, 0.1) is 12.7 Å². The Hall–Kier alpha value is -1.62. The Labute approximate surface area is 124 Å². The standard InChI is InChI=1S/C16H22FNO3/c1-16(2,3)21-15(19)18-9-8-14-12-7-5-4-6-11(12)13(17)10-20-14/h4-7,13-14H,8-10H2,1-3H3,(H,18,19). The van der Waals surface area contributed by atoms with E-state index >= 15 is 0 Å². The second-order valence-corrected chi connectivity index (χ2v) is 6.14. The van der Waals surface area contributed by atoms with Gasteiger partial charge in [-0.1, -0.05) is 24.3 Å². The van der Waals surface area contributed by atoms with Crippen molar-refractivity contribution in [2.24, 2.45) is 0 Å². The van der Waals surface area contributed by atoms with Crippen molar-refractivity contribution in [1.29, 1.82) is 0 Å². The summed E-state index contributed by atoms with van der Waals surface area (Å²) in [6.45, 7) is 5.93. The molecule has 0 aliphatic carbocycles. The third-order valence-corrected chi connectivity index (χ3v) is 3.20. The lowest BCUT2D eigenvalue weighted by Gasteiger charge is -2.28. The van der Waals surface area contributed by atoms with Crippen LogP contribution in [0.4, 0.5) is 9.18 Å². The maximum absolute atomic E-state index is 13.8. The Bertz CT molecular complexity index is 499. The minimum atomic E-state index is -1.07. The molecule has 1 aliphatic heterocycles. The van der Waals surface area contributed by atoms with Gasteiger partial charge in [0.25, 0.3) is 0 Å². The molecule has 1 amide bonds. The number of nitrogens with one attached hydrogen (secondary N) is 1. The first-order valence-corrected chi connectivity index (χ1v) is 7.18. The molecular weight excluding hydrogens is 273 g/mol. The molecule has 0 bridgehead atoms. The van der Waals surface area contributed by atoms with Crippen LogP contribution < -0.4 is 5.32 Å². The molecule has 2 unspecified atom stereocenters. The van der Waals surface area contributed by atoms with Gasteiger partial charge in [0.15, 0.2) is 0 Å². The smallest absolute Gasteiger partial charge is 0.407 e. The maximum atomic E-state index is 13.8. The zero-order chi connectivity index (χ0) is 15.5. The van der Waals surface area contributed by atoms with E-state index in [1.807, 2.05) is 39.0 Å². The Kier molecular flexibility index (Phi) is 4.83. The highest BCUT2D eigenvalue weighted by Gasteiger charge is 2.27. The van der Waals surface area contributed by atoms with Gasteiger partial charge in [-0.2, -0.15) is 0 Å². The number of carbonyl (C=O) groups is 1. The third-order valence-electron chi connectivity index (χ3n) is 3.20. The van der Waals surface area contributed by atoms with Gasteiger partial charge in [0, 0.05) is 6.54 Å². The molecule has 1 heterocycles. The predicted molar refractivity (Wildman–Crippen MR) is 77.8 cm³/mol. The van der Waals surface area contributed by atoms with Gasteiger partial charge >= 0.3 is 6.09 Å². The zero-order valence-corrected chi connectivity index (χ0v) is 12.7. The summed E-state index contributed by atoms with van der Waals surface area (Å²) in [4.78, 5) is 11.6. The van der Waals surface area contributed by atoms with Crippen LogP contribution in [0, 0.1) is 0 Å². The minimum absolute atomic E-state index is 0.0636. The summed E-state index contributed by atoms with van der Waals surface area (Å²) in [7, 11) is 0. The number of rotatable bonds is 3. The molecule has 0 radical (unpaired) electrons. The number of halogens is 1. The molecular formula is C16H22FNO3. The fourth-order valence-electron chi connectivity index (χ4n) is 2.33. The molecule has 116 valence electrons. The first kappa shape index (κ1) is 15.8. The normalized spacial score (nSPS) is 21.5. The van der Waals surface area contributed by atoms with Gasteiger partial charge in [-0.15, -0.1) is 0 Å². The molecule has 1 aromatic rings. The van der Waals surface area contributed by atoms with Crippen LogP contribution in [0.3, 0.4) is 0 Å². The molecule has 2 rings (SSSR count). The number of alkyl carbamates (subject to hydrolysis) is 1. The number of carbonyl (C=O) groups excluding carboxylic acids is 1. The number of benzene rings is 1. The van der Waals surface area contributed by atoms with Gasteiger partial charge < -0.3 is 14.8 Å². The first-order chi connectivity index (χ1) is 9.87. The molecule has 0 fully saturated rings. The molecule has 21 heavy (non-hydrogen) atoms. The number of alkyl halides is 1. The topological polar surface area (TPSA) is 47.6 Å². The SMILES string of the molecule is CC(C)(C)OC(=O)NCCC1OCC(F)c2ccccc21. The Morgan fingerprint density at radius 1 is 1.38 bits per heavy atom. The van der Waals surface area contributed by atoms with Crippen molar-refractivity contribution in [2.75, 3.05) is 13.2 Å². The fourth-order valence-corrected chi connectivity index (χ4v) is 2.33. The summed E-state index contributed by atoms with van der Waals surface area (Å²) in [5, 5.41) is 2.69. The van der Waals surface area contributed by atoms with Gasteiger partial charge in [-0.05, 0) is 38.3 Å². The van der Waals surface area contributed by atoms with Crippen LogP contribution in [0.15, 0.2) is 24.3 Å². The lowest BCUT2D eigenvalue weighted by molar-refractivity contribution is -0.00568. The highest BCUT2D eigenvalue weighted by molar-refractivity contribution is 5.67. The van der Waals surface area contributed by atoms with E-state index in [4.69, 9.17) is 9.47 Å². The van der Waals surface area contributed by atoms with Gasteiger partial charge in [-0.25, -0.2) is 9.18 Å². The number of hydrogen-bond acceptors (Lipinski definition) is 3. The number of fused-ring (bicyclic) bond motifs is 1. The van der Waals surface area contributed by atoms with E-state index in [9.17, 15) is 9.18 Å². The first-order valence-electron chi connectivity index (χ1n) is 7.18. The van der Waals surface area contributed by atoms with Crippen molar-refractivity contribution in [3.05, 3.63) is 35.4 Å². The van der Waals surface area contributed by atoms with Crippen LogP contribution in [0.1, 0.15) is 50.6 Å². The summed E-state index contributed by atoms with van der Waals surface area (Å²) >= 11 is 0. The quantitative estimate of drug-likeness (QED) is 0.925. The van der Waals surface area contributed by atoms with Crippen LogP contribution >= 0.6 is 0 Å².